The Labute approximate surface area is 190 Å². The highest BCUT2D eigenvalue weighted by atomic mass is 16.6. The molecule has 0 aliphatic carbocycles. The number of rotatable bonds is 6. The molecule has 0 radical (unpaired) electrons. The Bertz CT molecular complexity index is 953. The lowest BCUT2D eigenvalue weighted by atomic mass is 9.87. The Kier molecular flexibility index (Phi) is 6.60. The third kappa shape index (κ3) is 4.93. The van der Waals surface area contributed by atoms with E-state index in [4.69, 9.17) is 19.9 Å². The highest BCUT2D eigenvalue weighted by molar-refractivity contribution is 5.68. The zero-order valence-electron chi connectivity index (χ0n) is 19.7. The highest BCUT2D eigenvalue weighted by Crippen LogP contribution is 2.47. The fourth-order valence-electron chi connectivity index (χ4n) is 4.08. The number of fused-ring (bicyclic) bond motifs is 1. The summed E-state index contributed by atoms with van der Waals surface area (Å²) >= 11 is 0. The first-order valence-electron chi connectivity index (χ1n) is 10.8. The number of primary amides is 1. The van der Waals surface area contributed by atoms with Crippen molar-refractivity contribution in [3.05, 3.63) is 53.6 Å². The number of aliphatic hydroxyl groups is 1. The number of anilines is 1. The number of hydrogen-bond acceptors (Lipinski definition) is 6. The van der Waals surface area contributed by atoms with Crippen LogP contribution in [0.1, 0.15) is 51.8 Å². The van der Waals surface area contributed by atoms with Crippen LogP contribution in [0.4, 0.5) is 10.5 Å². The third-order valence-corrected chi connectivity index (χ3v) is 5.80. The molecule has 7 nitrogen and oxygen atoms in total. The second-order valence-corrected chi connectivity index (χ2v) is 9.63. The van der Waals surface area contributed by atoms with E-state index in [1.54, 1.807) is 27.0 Å². The molecule has 0 fully saturated rings. The van der Waals surface area contributed by atoms with Crippen molar-refractivity contribution in [2.24, 2.45) is 5.73 Å². The topological polar surface area (TPSA) is 94.2 Å². The molecule has 1 amide bonds. The molecule has 2 atom stereocenters. The van der Waals surface area contributed by atoms with Gasteiger partial charge in [-0.3, -0.25) is 0 Å². The van der Waals surface area contributed by atoms with E-state index in [-0.39, 0.29) is 5.54 Å². The predicted octanol–water partition coefficient (Wildman–Crippen LogP) is 4.21. The van der Waals surface area contributed by atoms with Gasteiger partial charge in [0, 0.05) is 23.7 Å². The van der Waals surface area contributed by atoms with Crippen LogP contribution in [0.15, 0.2) is 42.5 Å². The Hall–Kier alpha value is -2.93. The van der Waals surface area contributed by atoms with Gasteiger partial charge in [-0.1, -0.05) is 30.3 Å². The molecule has 0 saturated heterocycles. The molecule has 32 heavy (non-hydrogen) atoms. The van der Waals surface area contributed by atoms with Crippen LogP contribution in [-0.4, -0.2) is 42.1 Å². The average Bonchev–Trinajstić information content (AvgIpc) is 2.70. The molecule has 2 aromatic rings. The SMILES string of the molecule is COc1cc2c(cc1N(CCc1ccccc1)C(C)(C)C)OC(C)(C)C(O)C2OC(N)=O. The molecule has 3 N–H and O–H groups in total. The van der Waals surface area contributed by atoms with Gasteiger partial charge in [0.05, 0.1) is 12.8 Å². The van der Waals surface area contributed by atoms with Gasteiger partial charge in [0.15, 0.2) is 6.10 Å². The van der Waals surface area contributed by atoms with Crippen molar-refractivity contribution in [3.63, 3.8) is 0 Å². The summed E-state index contributed by atoms with van der Waals surface area (Å²) in [5.74, 6) is 1.12. The van der Waals surface area contributed by atoms with Gasteiger partial charge in [-0.05, 0) is 52.7 Å². The zero-order valence-corrected chi connectivity index (χ0v) is 19.7. The van der Waals surface area contributed by atoms with E-state index in [2.05, 4.69) is 37.8 Å². The van der Waals surface area contributed by atoms with Crippen LogP contribution in [0.5, 0.6) is 11.5 Å². The first-order valence-corrected chi connectivity index (χ1v) is 10.8. The summed E-state index contributed by atoms with van der Waals surface area (Å²) in [6.07, 6.45) is -2.15. The number of carbonyl (C=O) groups is 1. The number of amides is 1. The van der Waals surface area contributed by atoms with Crippen molar-refractivity contribution >= 4 is 11.8 Å². The van der Waals surface area contributed by atoms with Gasteiger partial charge >= 0.3 is 6.09 Å². The lowest BCUT2D eigenvalue weighted by Gasteiger charge is -2.43. The van der Waals surface area contributed by atoms with Crippen molar-refractivity contribution in [2.45, 2.75) is 64.4 Å². The van der Waals surface area contributed by atoms with Crippen LogP contribution >= 0.6 is 0 Å². The zero-order chi connectivity index (χ0) is 23.7. The fourth-order valence-corrected chi connectivity index (χ4v) is 4.08. The van der Waals surface area contributed by atoms with Gasteiger partial charge in [0.25, 0.3) is 0 Å². The summed E-state index contributed by atoms with van der Waals surface area (Å²) < 4.78 is 17.2. The first kappa shape index (κ1) is 23.7. The molecule has 0 bridgehead atoms. The average molecular weight is 443 g/mol. The first-order chi connectivity index (χ1) is 14.9. The highest BCUT2D eigenvalue weighted by Gasteiger charge is 2.46. The molecule has 1 heterocycles. The molecule has 0 saturated carbocycles. The van der Waals surface area contributed by atoms with Crippen molar-refractivity contribution in [3.8, 4) is 11.5 Å². The van der Waals surface area contributed by atoms with Crippen LogP contribution < -0.4 is 20.1 Å². The minimum atomic E-state index is -1.09. The molecule has 174 valence electrons. The van der Waals surface area contributed by atoms with E-state index in [1.807, 2.05) is 24.3 Å². The van der Waals surface area contributed by atoms with Crippen LogP contribution in [0.2, 0.25) is 0 Å². The number of hydrogen-bond donors (Lipinski definition) is 2. The van der Waals surface area contributed by atoms with Crippen LogP contribution in [0.25, 0.3) is 0 Å². The van der Waals surface area contributed by atoms with Gasteiger partial charge in [-0.25, -0.2) is 4.79 Å². The van der Waals surface area contributed by atoms with Gasteiger partial charge < -0.3 is 30.0 Å². The van der Waals surface area contributed by atoms with Crippen LogP contribution in [0, 0.1) is 0 Å². The Morgan fingerprint density at radius 2 is 1.88 bits per heavy atom. The van der Waals surface area contributed by atoms with E-state index in [0.29, 0.717) is 17.1 Å². The minimum absolute atomic E-state index is 0.205. The standard InChI is InChI=1S/C25H34N2O5/c1-24(2,3)27(13-12-16-10-8-7-9-11-16)18-15-19-17(14-20(18)30-6)21(31-23(26)29)22(28)25(4,5)32-19/h7-11,14-15,21-22,28H,12-13H2,1-6H3,(H2,26,29). The fraction of sp³-hybridized carbons (Fsp3) is 0.480. The second-order valence-electron chi connectivity index (χ2n) is 9.63. The quantitative estimate of drug-likeness (QED) is 0.696. The summed E-state index contributed by atoms with van der Waals surface area (Å²) in [4.78, 5) is 13.8. The second kappa shape index (κ2) is 8.90. The molecule has 1 aliphatic heterocycles. The van der Waals surface area contributed by atoms with E-state index >= 15 is 0 Å². The molecule has 1 aliphatic rings. The minimum Gasteiger partial charge on any atom is -0.495 e. The molecular formula is C25H34N2O5. The van der Waals surface area contributed by atoms with Crippen LogP contribution in [-0.2, 0) is 11.2 Å². The summed E-state index contributed by atoms with van der Waals surface area (Å²) in [5, 5.41) is 10.8. The molecule has 2 aromatic carbocycles. The van der Waals surface area contributed by atoms with Gasteiger partial charge in [-0.2, -0.15) is 0 Å². The predicted molar refractivity (Wildman–Crippen MR) is 124 cm³/mol. The molecule has 0 aromatic heterocycles. The number of aliphatic hydroxyl groups excluding tert-OH is 1. The summed E-state index contributed by atoms with van der Waals surface area (Å²) in [6.45, 7) is 10.7. The van der Waals surface area contributed by atoms with Crippen LogP contribution in [0.3, 0.4) is 0 Å². The normalized spacial score (nSPS) is 19.5. The van der Waals surface area contributed by atoms with E-state index in [1.165, 1.54) is 5.56 Å². The van der Waals surface area contributed by atoms with E-state index in [0.717, 1.165) is 18.7 Å². The van der Waals surface area contributed by atoms with E-state index < -0.39 is 23.9 Å². The number of carbonyl (C=O) groups excluding carboxylic acids is 1. The Morgan fingerprint density at radius 1 is 1.22 bits per heavy atom. The lowest BCUT2D eigenvalue weighted by molar-refractivity contribution is -0.112. The van der Waals surface area contributed by atoms with Crippen molar-refractivity contribution in [1.82, 2.24) is 0 Å². The summed E-state index contributed by atoms with van der Waals surface area (Å²) in [6, 6.07) is 14.0. The molecule has 7 heteroatoms. The monoisotopic (exact) mass is 442 g/mol. The number of nitrogens with two attached hydrogens (primary N) is 1. The molecular weight excluding hydrogens is 408 g/mol. The van der Waals surface area contributed by atoms with Crippen molar-refractivity contribution in [1.29, 1.82) is 0 Å². The van der Waals surface area contributed by atoms with Gasteiger partial charge in [0.1, 0.15) is 23.2 Å². The van der Waals surface area contributed by atoms with Gasteiger partial charge in [-0.15, -0.1) is 0 Å². The molecule has 0 spiro atoms. The largest absolute Gasteiger partial charge is 0.495 e. The number of ether oxygens (including phenoxy) is 3. The lowest BCUT2D eigenvalue weighted by Crippen LogP contribution is -2.50. The number of benzene rings is 2. The smallest absolute Gasteiger partial charge is 0.405 e. The summed E-state index contributed by atoms with van der Waals surface area (Å²) in [5.41, 5.74) is 6.72. The van der Waals surface area contributed by atoms with Crippen molar-refractivity contribution in [2.75, 3.05) is 18.6 Å². The number of nitrogens with zero attached hydrogens (tertiary/aromatic N) is 1. The maximum absolute atomic E-state index is 11.5. The van der Waals surface area contributed by atoms with Crippen molar-refractivity contribution < 1.29 is 24.1 Å². The maximum Gasteiger partial charge on any atom is 0.405 e. The third-order valence-electron chi connectivity index (χ3n) is 5.80. The molecule has 3 rings (SSSR count). The maximum atomic E-state index is 11.5. The molecule has 2 unspecified atom stereocenters. The van der Waals surface area contributed by atoms with E-state index in [9.17, 15) is 9.90 Å². The Morgan fingerprint density at radius 3 is 2.44 bits per heavy atom. The Balaban J connectivity index is 2.06. The van der Waals surface area contributed by atoms with Gasteiger partial charge in [0.2, 0.25) is 0 Å². The summed E-state index contributed by atoms with van der Waals surface area (Å²) in [7, 11) is 1.59. The number of methoxy groups -OCH3 is 1.